The van der Waals surface area contributed by atoms with Gasteiger partial charge in [-0.1, -0.05) is 19.3 Å². The van der Waals surface area contributed by atoms with E-state index in [2.05, 4.69) is 0 Å². The number of carbonyl (C=O) groups excluding carboxylic acids is 1. The number of rotatable bonds is 0. The quantitative estimate of drug-likeness (QED) is 0.518. The number of cyclic esters (lactones) is 1. The average molecular weight is 168 g/mol. The molecule has 1 saturated heterocycles. The molecule has 0 radical (unpaired) electrons. The van der Waals surface area contributed by atoms with Gasteiger partial charge in [0.15, 0.2) is 0 Å². The van der Waals surface area contributed by atoms with Crippen molar-refractivity contribution in [3.05, 3.63) is 0 Å². The van der Waals surface area contributed by atoms with Gasteiger partial charge in [-0.3, -0.25) is 4.79 Å². The van der Waals surface area contributed by atoms with E-state index in [1.165, 1.54) is 25.7 Å². The van der Waals surface area contributed by atoms with Crippen LogP contribution in [0.1, 0.15) is 38.5 Å². The Morgan fingerprint density at radius 1 is 1.08 bits per heavy atom. The molecule has 2 fully saturated rings. The molecule has 2 aliphatic rings. The van der Waals surface area contributed by atoms with Gasteiger partial charge in [-0.15, -0.1) is 0 Å². The maximum absolute atomic E-state index is 11.1. The van der Waals surface area contributed by atoms with Crippen LogP contribution in [0.2, 0.25) is 0 Å². The second kappa shape index (κ2) is 3.46. The molecule has 12 heavy (non-hydrogen) atoms. The maximum atomic E-state index is 11.1. The molecule has 0 amide bonds. The molecule has 0 bridgehead atoms. The van der Waals surface area contributed by atoms with Crippen LogP contribution in [0.25, 0.3) is 0 Å². The first-order chi connectivity index (χ1) is 5.86. The van der Waals surface area contributed by atoms with Gasteiger partial charge in [0.2, 0.25) is 0 Å². The molecule has 2 heteroatoms. The third-order valence-corrected chi connectivity index (χ3v) is 3.25. The third-order valence-electron chi connectivity index (χ3n) is 3.25. The molecule has 2 atom stereocenters. The first-order valence-electron chi connectivity index (χ1n) is 5.02. The van der Waals surface area contributed by atoms with Crippen molar-refractivity contribution in [1.29, 1.82) is 0 Å². The SMILES string of the molecule is O=C1C[C@@H]2CCCC[C@@H]2CCO1. The lowest BCUT2D eigenvalue weighted by molar-refractivity contribution is -0.143. The Labute approximate surface area is 73.3 Å². The van der Waals surface area contributed by atoms with E-state index in [9.17, 15) is 4.79 Å². The topological polar surface area (TPSA) is 26.3 Å². The van der Waals surface area contributed by atoms with Crippen LogP contribution in [0.4, 0.5) is 0 Å². The van der Waals surface area contributed by atoms with E-state index in [0.29, 0.717) is 18.9 Å². The van der Waals surface area contributed by atoms with Gasteiger partial charge < -0.3 is 4.74 Å². The van der Waals surface area contributed by atoms with E-state index in [0.717, 1.165) is 12.3 Å². The summed E-state index contributed by atoms with van der Waals surface area (Å²) in [6.45, 7) is 0.667. The predicted octanol–water partition coefficient (Wildman–Crippen LogP) is 2.13. The van der Waals surface area contributed by atoms with Crippen LogP contribution in [0.3, 0.4) is 0 Å². The summed E-state index contributed by atoms with van der Waals surface area (Å²) in [6.07, 6.45) is 7.03. The molecule has 0 unspecified atom stereocenters. The van der Waals surface area contributed by atoms with Crippen molar-refractivity contribution in [2.75, 3.05) is 6.61 Å². The van der Waals surface area contributed by atoms with Gasteiger partial charge in [-0.25, -0.2) is 0 Å². The fourth-order valence-electron chi connectivity index (χ4n) is 2.53. The number of hydrogen-bond acceptors (Lipinski definition) is 2. The zero-order valence-corrected chi connectivity index (χ0v) is 7.42. The molecule has 2 rings (SSSR count). The minimum Gasteiger partial charge on any atom is -0.466 e. The first-order valence-corrected chi connectivity index (χ1v) is 5.02. The van der Waals surface area contributed by atoms with Crippen LogP contribution in [0.5, 0.6) is 0 Å². The van der Waals surface area contributed by atoms with Crippen molar-refractivity contribution >= 4 is 5.97 Å². The molecular formula is C10H16O2. The lowest BCUT2D eigenvalue weighted by atomic mass is 9.76. The normalized spacial score (nSPS) is 36.5. The highest BCUT2D eigenvalue weighted by Gasteiger charge is 2.29. The highest BCUT2D eigenvalue weighted by atomic mass is 16.5. The fraction of sp³-hybridized carbons (Fsp3) is 0.900. The predicted molar refractivity (Wildman–Crippen MR) is 45.6 cm³/mol. The molecular weight excluding hydrogens is 152 g/mol. The van der Waals surface area contributed by atoms with Crippen molar-refractivity contribution in [2.24, 2.45) is 11.8 Å². The summed E-state index contributed by atoms with van der Waals surface area (Å²) in [6, 6.07) is 0. The molecule has 1 aliphatic heterocycles. The largest absolute Gasteiger partial charge is 0.466 e. The van der Waals surface area contributed by atoms with E-state index in [1.807, 2.05) is 0 Å². The van der Waals surface area contributed by atoms with Crippen LogP contribution in [-0.4, -0.2) is 12.6 Å². The Balaban J connectivity index is 2.01. The Kier molecular flexibility index (Phi) is 2.33. The Hall–Kier alpha value is -0.530. The summed E-state index contributed by atoms with van der Waals surface area (Å²) < 4.78 is 5.06. The van der Waals surface area contributed by atoms with Crippen molar-refractivity contribution in [1.82, 2.24) is 0 Å². The van der Waals surface area contributed by atoms with Crippen LogP contribution in [0, 0.1) is 11.8 Å². The molecule has 1 saturated carbocycles. The van der Waals surface area contributed by atoms with Gasteiger partial charge in [0.05, 0.1) is 6.61 Å². The Morgan fingerprint density at radius 2 is 1.83 bits per heavy atom. The number of carbonyl (C=O) groups is 1. The van der Waals surface area contributed by atoms with E-state index in [4.69, 9.17) is 4.74 Å². The van der Waals surface area contributed by atoms with E-state index >= 15 is 0 Å². The second-order valence-corrected chi connectivity index (χ2v) is 4.02. The summed E-state index contributed by atoms with van der Waals surface area (Å²) in [5, 5.41) is 0. The Morgan fingerprint density at radius 3 is 2.67 bits per heavy atom. The smallest absolute Gasteiger partial charge is 0.306 e. The van der Waals surface area contributed by atoms with Crippen molar-refractivity contribution in [3.63, 3.8) is 0 Å². The third kappa shape index (κ3) is 1.62. The summed E-state index contributed by atoms with van der Waals surface area (Å²) in [7, 11) is 0. The number of esters is 1. The summed E-state index contributed by atoms with van der Waals surface area (Å²) in [5.74, 6) is 1.46. The number of fused-ring (bicyclic) bond motifs is 1. The van der Waals surface area contributed by atoms with Crippen LogP contribution in [-0.2, 0) is 9.53 Å². The van der Waals surface area contributed by atoms with Crippen LogP contribution < -0.4 is 0 Å². The molecule has 1 heterocycles. The van der Waals surface area contributed by atoms with E-state index in [1.54, 1.807) is 0 Å². The van der Waals surface area contributed by atoms with Crippen molar-refractivity contribution in [3.8, 4) is 0 Å². The van der Waals surface area contributed by atoms with Crippen LogP contribution >= 0.6 is 0 Å². The standard InChI is InChI=1S/C10H16O2/c11-10-7-9-4-2-1-3-8(9)5-6-12-10/h8-9H,1-7H2/t8-,9+/m1/s1. The van der Waals surface area contributed by atoms with Gasteiger partial charge in [0, 0.05) is 6.42 Å². The zero-order valence-electron chi connectivity index (χ0n) is 7.42. The fourth-order valence-corrected chi connectivity index (χ4v) is 2.53. The molecule has 0 N–H and O–H groups in total. The highest BCUT2D eigenvalue weighted by Crippen LogP contribution is 2.36. The van der Waals surface area contributed by atoms with E-state index in [-0.39, 0.29) is 5.97 Å². The number of ether oxygens (including phenoxy) is 1. The van der Waals surface area contributed by atoms with Gasteiger partial charge >= 0.3 is 5.97 Å². The zero-order chi connectivity index (χ0) is 8.39. The highest BCUT2D eigenvalue weighted by molar-refractivity contribution is 5.69. The number of hydrogen-bond donors (Lipinski definition) is 0. The summed E-state index contributed by atoms with van der Waals surface area (Å²) in [4.78, 5) is 11.1. The summed E-state index contributed by atoms with van der Waals surface area (Å²) >= 11 is 0. The van der Waals surface area contributed by atoms with Gasteiger partial charge in [-0.2, -0.15) is 0 Å². The molecule has 2 nitrogen and oxygen atoms in total. The Bertz CT molecular complexity index is 177. The monoisotopic (exact) mass is 168 g/mol. The molecule has 0 aromatic rings. The summed E-state index contributed by atoms with van der Waals surface area (Å²) in [5.41, 5.74) is 0. The molecule has 0 aromatic carbocycles. The average Bonchev–Trinajstić information content (AvgIpc) is 2.25. The molecule has 68 valence electrons. The maximum Gasteiger partial charge on any atom is 0.306 e. The molecule has 1 aliphatic carbocycles. The van der Waals surface area contributed by atoms with Gasteiger partial charge in [0.25, 0.3) is 0 Å². The first kappa shape index (κ1) is 8.09. The van der Waals surface area contributed by atoms with Crippen LogP contribution in [0.15, 0.2) is 0 Å². The van der Waals surface area contributed by atoms with Crippen molar-refractivity contribution < 1.29 is 9.53 Å². The lowest BCUT2D eigenvalue weighted by Crippen LogP contribution is -2.19. The second-order valence-electron chi connectivity index (χ2n) is 4.02. The molecule has 0 aromatic heterocycles. The minimum atomic E-state index is 0.0319. The van der Waals surface area contributed by atoms with Gasteiger partial charge in [-0.05, 0) is 24.7 Å². The minimum absolute atomic E-state index is 0.0319. The molecule has 0 spiro atoms. The van der Waals surface area contributed by atoms with Crippen molar-refractivity contribution in [2.45, 2.75) is 38.5 Å². The van der Waals surface area contributed by atoms with Gasteiger partial charge in [0.1, 0.15) is 0 Å². The van der Waals surface area contributed by atoms with E-state index < -0.39 is 0 Å². The lowest BCUT2D eigenvalue weighted by Gasteiger charge is -2.28.